The van der Waals surface area contributed by atoms with Gasteiger partial charge in [-0.25, -0.2) is 0 Å². The number of unbranched alkanes of at least 4 members (excludes halogenated alkanes) is 1. The maximum absolute atomic E-state index is 12.9. The Kier molecular flexibility index (Phi) is 8.11. The number of benzene rings is 1. The number of nitrogens with zero attached hydrogens (tertiary/aromatic N) is 2. The van der Waals surface area contributed by atoms with Crippen molar-refractivity contribution in [3.63, 3.8) is 0 Å². The molecule has 0 unspecified atom stereocenters. The van der Waals surface area contributed by atoms with Gasteiger partial charge in [0.1, 0.15) is 11.5 Å². The van der Waals surface area contributed by atoms with Gasteiger partial charge in [0.15, 0.2) is 0 Å². The maximum Gasteiger partial charge on any atom is 0.242 e. The molecule has 0 saturated heterocycles. The molecular formula is C22H30N2O3. The number of carbonyl (C=O) groups excluding carboxylic acids is 2. The number of furan rings is 1. The van der Waals surface area contributed by atoms with Crippen molar-refractivity contribution in [3.8, 4) is 0 Å². The minimum Gasteiger partial charge on any atom is -0.464 e. The number of hydrogen-bond acceptors (Lipinski definition) is 3. The summed E-state index contributed by atoms with van der Waals surface area (Å²) in [5, 5.41) is 0. The van der Waals surface area contributed by atoms with Gasteiger partial charge in [0.25, 0.3) is 0 Å². The summed E-state index contributed by atoms with van der Waals surface area (Å²) < 4.78 is 5.66. The van der Waals surface area contributed by atoms with Crippen molar-refractivity contribution < 1.29 is 14.0 Å². The first-order chi connectivity index (χ1) is 13.0. The van der Waals surface area contributed by atoms with Gasteiger partial charge in [0.2, 0.25) is 11.8 Å². The van der Waals surface area contributed by atoms with Gasteiger partial charge in [-0.1, -0.05) is 43.7 Å². The molecule has 0 spiro atoms. The Balaban J connectivity index is 2.06. The average molecular weight is 370 g/mol. The Morgan fingerprint density at radius 2 is 1.74 bits per heavy atom. The summed E-state index contributed by atoms with van der Waals surface area (Å²) in [6.45, 7) is 7.22. The lowest BCUT2D eigenvalue weighted by Gasteiger charge is -2.26. The zero-order chi connectivity index (χ0) is 19.6. The van der Waals surface area contributed by atoms with Gasteiger partial charge in [-0.15, -0.1) is 0 Å². The Hall–Kier alpha value is -2.56. The van der Waals surface area contributed by atoms with Gasteiger partial charge < -0.3 is 14.2 Å². The zero-order valence-corrected chi connectivity index (χ0v) is 16.6. The number of rotatable bonds is 10. The van der Waals surface area contributed by atoms with Crippen LogP contribution in [0.4, 0.5) is 0 Å². The van der Waals surface area contributed by atoms with E-state index < -0.39 is 0 Å². The first-order valence-electron chi connectivity index (χ1n) is 9.62. The third kappa shape index (κ3) is 6.93. The Morgan fingerprint density at radius 1 is 1.00 bits per heavy atom. The molecule has 5 nitrogen and oxygen atoms in total. The second-order valence-electron chi connectivity index (χ2n) is 6.86. The number of aryl methyl sites for hydroxylation is 1. The molecule has 1 aromatic carbocycles. The molecule has 1 aromatic heterocycles. The van der Waals surface area contributed by atoms with Gasteiger partial charge >= 0.3 is 0 Å². The van der Waals surface area contributed by atoms with Crippen LogP contribution >= 0.6 is 0 Å². The largest absolute Gasteiger partial charge is 0.464 e. The third-order valence-corrected chi connectivity index (χ3v) is 4.56. The molecule has 0 radical (unpaired) electrons. The van der Waals surface area contributed by atoms with Crippen molar-refractivity contribution in [1.82, 2.24) is 9.80 Å². The van der Waals surface area contributed by atoms with E-state index in [1.807, 2.05) is 37.3 Å². The van der Waals surface area contributed by atoms with E-state index in [-0.39, 0.29) is 18.4 Å². The van der Waals surface area contributed by atoms with Gasteiger partial charge in [-0.05, 0) is 37.5 Å². The molecule has 1 heterocycles. The van der Waals surface area contributed by atoms with Crippen LogP contribution in [0.5, 0.6) is 0 Å². The molecule has 0 N–H and O–H groups in total. The minimum atomic E-state index is -0.0614. The molecule has 146 valence electrons. The molecule has 0 saturated carbocycles. The molecule has 0 fully saturated rings. The summed E-state index contributed by atoms with van der Waals surface area (Å²) in [7, 11) is 0. The molecule has 5 heteroatoms. The highest BCUT2D eigenvalue weighted by molar-refractivity contribution is 5.83. The van der Waals surface area contributed by atoms with Crippen molar-refractivity contribution in [3.05, 3.63) is 59.5 Å². The monoisotopic (exact) mass is 370 g/mol. The van der Waals surface area contributed by atoms with Crippen LogP contribution in [0, 0.1) is 6.92 Å². The van der Waals surface area contributed by atoms with Crippen molar-refractivity contribution in [2.75, 3.05) is 19.6 Å². The first-order valence-corrected chi connectivity index (χ1v) is 9.62. The van der Waals surface area contributed by atoms with E-state index in [0.717, 1.165) is 30.8 Å². The fourth-order valence-electron chi connectivity index (χ4n) is 2.92. The van der Waals surface area contributed by atoms with Crippen LogP contribution < -0.4 is 0 Å². The quantitative estimate of drug-likeness (QED) is 0.639. The van der Waals surface area contributed by atoms with Gasteiger partial charge in [-0.3, -0.25) is 9.59 Å². The molecule has 27 heavy (non-hydrogen) atoms. The normalized spacial score (nSPS) is 10.6. The van der Waals surface area contributed by atoms with Crippen LogP contribution in [-0.2, 0) is 22.6 Å². The standard InChI is InChI=1S/C22H30N2O3/c1-4-5-14-23(19(3)25)17-22(26)24(16-21-12-11-18(2)27-21)15-13-20-9-7-6-8-10-20/h6-12H,4-5,13-17H2,1-3H3. The Morgan fingerprint density at radius 3 is 2.33 bits per heavy atom. The molecule has 0 aliphatic carbocycles. The molecule has 2 aromatic rings. The van der Waals surface area contributed by atoms with Crippen LogP contribution in [0.15, 0.2) is 46.9 Å². The molecule has 2 rings (SSSR count). The lowest BCUT2D eigenvalue weighted by Crippen LogP contribution is -2.43. The van der Waals surface area contributed by atoms with E-state index >= 15 is 0 Å². The molecule has 0 atom stereocenters. The van der Waals surface area contributed by atoms with Gasteiger partial charge in [0, 0.05) is 20.0 Å². The molecule has 0 aliphatic rings. The average Bonchev–Trinajstić information content (AvgIpc) is 3.07. The van der Waals surface area contributed by atoms with E-state index in [4.69, 9.17) is 4.42 Å². The third-order valence-electron chi connectivity index (χ3n) is 4.56. The SMILES string of the molecule is CCCCN(CC(=O)N(CCc1ccccc1)Cc1ccc(C)o1)C(C)=O. The molecule has 2 amide bonds. The number of amides is 2. The predicted octanol–water partition coefficient (Wildman–Crippen LogP) is 3.81. The van der Waals surface area contributed by atoms with E-state index in [1.165, 1.54) is 12.5 Å². The molecule has 0 bridgehead atoms. The Labute approximate surface area is 162 Å². The summed E-state index contributed by atoms with van der Waals surface area (Å²) in [6.07, 6.45) is 2.65. The summed E-state index contributed by atoms with van der Waals surface area (Å²) in [6, 6.07) is 13.9. The van der Waals surface area contributed by atoms with Gasteiger partial charge in [0.05, 0.1) is 13.1 Å². The minimum absolute atomic E-state index is 0.0497. The number of carbonyl (C=O) groups is 2. The second-order valence-corrected chi connectivity index (χ2v) is 6.86. The lowest BCUT2D eigenvalue weighted by molar-refractivity contribution is -0.140. The van der Waals surface area contributed by atoms with Crippen LogP contribution in [-0.4, -0.2) is 41.2 Å². The zero-order valence-electron chi connectivity index (χ0n) is 16.6. The highest BCUT2D eigenvalue weighted by Crippen LogP contribution is 2.12. The van der Waals surface area contributed by atoms with E-state index in [1.54, 1.807) is 9.80 Å². The van der Waals surface area contributed by atoms with Crippen molar-refractivity contribution in [2.24, 2.45) is 0 Å². The topological polar surface area (TPSA) is 53.8 Å². The Bertz CT molecular complexity index is 724. The van der Waals surface area contributed by atoms with Crippen LogP contribution in [0.2, 0.25) is 0 Å². The first kappa shape index (κ1) is 20.7. The van der Waals surface area contributed by atoms with E-state index in [2.05, 4.69) is 19.1 Å². The molecular weight excluding hydrogens is 340 g/mol. The summed E-state index contributed by atoms with van der Waals surface area (Å²) in [5.41, 5.74) is 1.18. The van der Waals surface area contributed by atoms with Crippen molar-refractivity contribution >= 4 is 11.8 Å². The lowest BCUT2D eigenvalue weighted by atomic mass is 10.1. The van der Waals surface area contributed by atoms with E-state index in [9.17, 15) is 9.59 Å². The highest BCUT2D eigenvalue weighted by atomic mass is 16.3. The molecule has 0 aliphatic heterocycles. The summed E-state index contributed by atoms with van der Waals surface area (Å²) in [4.78, 5) is 28.2. The smallest absolute Gasteiger partial charge is 0.242 e. The second kappa shape index (κ2) is 10.6. The summed E-state index contributed by atoms with van der Waals surface area (Å²) >= 11 is 0. The maximum atomic E-state index is 12.9. The van der Waals surface area contributed by atoms with Crippen molar-refractivity contribution in [2.45, 2.75) is 46.6 Å². The van der Waals surface area contributed by atoms with Crippen LogP contribution in [0.25, 0.3) is 0 Å². The van der Waals surface area contributed by atoms with Crippen LogP contribution in [0.1, 0.15) is 43.8 Å². The van der Waals surface area contributed by atoms with E-state index in [0.29, 0.717) is 19.6 Å². The van der Waals surface area contributed by atoms with Crippen molar-refractivity contribution in [1.29, 1.82) is 0 Å². The summed E-state index contributed by atoms with van der Waals surface area (Å²) in [5.74, 6) is 1.48. The predicted molar refractivity (Wildman–Crippen MR) is 106 cm³/mol. The number of hydrogen-bond donors (Lipinski definition) is 0. The highest BCUT2D eigenvalue weighted by Gasteiger charge is 2.20. The fraction of sp³-hybridized carbons (Fsp3) is 0.455. The van der Waals surface area contributed by atoms with Crippen LogP contribution in [0.3, 0.4) is 0 Å². The fourth-order valence-corrected chi connectivity index (χ4v) is 2.92. The van der Waals surface area contributed by atoms with Gasteiger partial charge in [-0.2, -0.15) is 0 Å².